The van der Waals surface area contributed by atoms with Gasteiger partial charge in [0.1, 0.15) is 18.2 Å². The first-order valence-electron chi connectivity index (χ1n) is 5.28. The van der Waals surface area contributed by atoms with Crippen LogP contribution in [0.15, 0.2) is 24.3 Å². The molecule has 1 N–H and O–H groups in total. The quantitative estimate of drug-likeness (QED) is 0.834. The summed E-state index contributed by atoms with van der Waals surface area (Å²) in [5, 5.41) is 9.17. The lowest BCUT2D eigenvalue weighted by Gasteiger charge is -2.09. The molecule has 0 bridgehead atoms. The minimum atomic E-state index is -0.454. The van der Waals surface area contributed by atoms with E-state index in [4.69, 9.17) is 4.74 Å². The fourth-order valence-electron chi connectivity index (χ4n) is 0.841. The summed E-state index contributed by atoms with van der Waals surface area (Å²) < 4.78 is 17.6. The lowest BCUT2D eigenvalue weighted by atomic mass is 10.3. The van der Waals surface area contributed by atoms with Crippen LogP contribution in [0.3, 0.4) is 0 Å². The Morgan fingerprint density at radius 3 is 2.27 bits per heavy atom. The van der Waals surface area contributed by atoms with Crippen LogP contribution in [0.5, 0.6) is 5.75 Å². The van der Waals surface area contributed by atoms with Gasteiger partial charge >= 0.3 is 0 Å². The van der Waals surface area contributed by atoms with Crippen molar-refractivity contribution in [2.45, 2.75) is 33.3 Å². The zero-order valence-electron chi connectivity index (χ0n) is 9.53. The van der Waals surface area contributed by atoms with Crippen LogP contribution in [0.4, 0.5) is 4.39 Å². The Hall–Kier alpha value is -1.09. The Morgan fingerprint density at radius 1 is 1.27 bits per heavy atom. The lowest BCUT2D eigenvalue weighted by Crippen LogP contribution is -2.15. The molecule has 0 saturated heterocycles. The summed E-state index contributed by atoms with van der Waals surface area (Å²) in [6.07, 6.45) is 0.200. The second-order valence-corrected chi connectivity index (χ2v) is 2.83. The van der Waals surface area contributed by atoms with E-state index < -0.39 is 6.10 Å². The van der Waals surface area contributed by atoms with E-state index in [0.717, 1.165) is 0 Å². The molecule has 0 spiro atoms. The zero-order chi connectivity index (χ0) is 11.7. The van der Waals surface area contributed by atoms with Crippen LogP contribution in [-0.2, 0) is 0 Å². The van der Waals surface area contributed by atoms with Crippen molar-refractivity contribution in [2.24, 2.45) is 0 Å². The predicted molar refractivity (Wildman–Crippen MR) is 59.5 cm³/mol. The molecule has 0 heterocycles. The second-order valence-electron chi connectivity index (χ2n) is 2.83. The molecule has 1 aromatic carbocycles. The third-order valence-corrected chi connectivity index (χ3v) is 1.73. The molecule has 0 aromatic heterocycles. The van der Waals surface area contributed by atoms with E-state index >= 15 is 0 Å². The molecule has 1 aromatic rings. The maximum atomic E-state index is 12.4. The Bertz CT molecular complexity index is 246. The summed E-state index contributed by atoms with van der Waals surface area (Å²) in [7, 11) is 0. The van der Waals surface area contributed by atoms with Gasteiger partial charge in [-0.15, -0.1) is 0 Å². The monoisotopic (exact) mass is 214 g/mol. The zero-order valence-corrected chi connectivity index (χ0v) is 9.53. The summed E-state index contributed by atoms with van der Waals surface area (Å²) in [6, 6.07) is 5.73. The first-order chi connectivity index (χ1) is 7.22. The molecule has 15 heavy (non-hydrogen) atoms. The first kappa shape index (κ1) is 13.9. The van der Waals surface area contributed by atoms with Gasteiger partial charge in [-0.1, -0.05) is 20.8 Å². The number of hydrogen-bond donors (Lipinski definition) is 1. The molecule has 0 amide bonds. The fraction of sp³-hybridized carbons (Fsp3) is 0.500. The molecule has 2 nitrogen and oxygen atoms in total. The first-order valence-corrected chi connectivity index (χ1v) is 5.28. The summed E-state index contributed by atoms with van der Waals surface area (Å²) in [6.45, 7) is 6.13. The van der Waals surface area contributed by atoms with Crippen LogP contribution in [0, 0.1) is 5.82 Å². The van der Waals surface area contributed by atoms with Crippen molar-refractivity contribution in [1.29, 1.82) is 0 Å². The van der Waals surface area contributed by atoms with Gasteiger partial charge in [-0.3, -0.25) is 0 Å². The molecule has 0 saturated carbocycles. The Kier molecular flexibility index (Phi) is 7.64. The molecule has 0 aliphatic carbocycles. The van der Waals surface area contributed by atoms with Crippen LogP contribution in [0.2, 0.25) is 0 Å². The molecule has 3 heteroatoms. The molecule has 0 fully saturated rings. The molecule has 0 unspecified atom stereocenters. The van der Waals surface area contributed by atoms with E-state index in [1.807, 2.05) is 20.8 Å². The number of aliphatic hydroxyl groups excluding tert-OH is 1. The average Bonchev–Trinajstić information content (AvgIpc) is 2.30. The minimum Gasteiger partial charge on any atom is -0.491 e. The Labute approximate surface area is 90.7 Å². The highest BCUT2D eigenvalue weighted by Gasteiger charge is 2.01. The topological polar surface area (TPSA) is 29.5 Å². The van der Waals surface area contributed by atoms with Crippen molar-refractivity contribution in [1.82, 2.24) is 0 Å². The summed E-state index contributed by atoms with van der Waals surface area (Å²) in [5.41, 5.74) is 0. The smallest absolute Gasteiger partial charge is 0.123 e. The average molecular weight is 214 g/mol. The second kappa shape index (κ2) is 8.24. The number of hydrogen-bond acceptors (Lipinski definition) is 2. The van der Waals surface area contributed by atoms with Gasteiger partial charge in [-0.05, 0) is 30.7 Å². The number of ether oxygens (including phenoxy) is 1. The van der Waals surface area contributed by atoms with Crippen LogP contribution < -0.4 is 4.74 Å². The number of halogens is 1. The van der Waals surface area contributed by atoms with E-state index in [2.05, 4.69) is 0 Å². The summed E-state index contributed by atoms with van der Waals surface area (Å²) in [4.78, 5) is 0. The SMILES string of the molecule is CC.CC[C@H](O)COc1ccc(F)cc1. The van der Waals surface area contributed by atoms with E-state index in [-0.39, 0.29) is 12.4 Å². The van der Waals surface area contributed by atoms with Gasteiger partial charge in [0.15, 0.2) is 0 Å². The van der Waals surface area contributed by atoms with Gasteiger partial charge in [-0.2, -0.15) is 0 Å². The molecular formula is C12H19FO2. The third-order valence-electron chi connectivity index (χ3n) is 1.73. The lowest BCUT2D eigenvalue weighted by molar-refractivity contribution is 0.104. The van der Waals surface area contributed by atoms with Gasteiger partial charge in [0.25, 0.3) is 0 Å². The highest BCUT2D eigenvalue weighted by molar-refractivity contribution is 5.21. The van der Waals surface area contributed by atoms with E-state index in [9.17, 15) is 9.50 Å². The number of rotatable bonds is 4. The van der Waals surface area contributed by atoms with Crippen molar-refractivity contribution >= 4 is 0 Å². The highest BCUT2D eigenvalue weighted by Crippen LogP contribution is 2.11. The molecule has 0 aliphatic heterocycles. The maximum Gasteiger partial charge on any atom is 0.123 e. The van der Waals surface area contributed by atoms with E-state index in [1.54, 1.807) is 0 Å². The van der Waals surface area contributed by atoms with Crippen molar-refractivity contribution in [3.05, 3.63) is 30.1 Å². The molecule has 0 radical (unpaired) electrons. The predicted octanol–water partition coefficient (Wildman–Crippen LogP) is 3.00. The number of benzene rings is 1. The molecule has 86 valence electrons. The Morgan fingerprint density at radius 2 is 1.80 bits per heavy atom. The number of aliphatic hydroxyl groups is 1. The molecular weight excluding hydrogens is 195 g/mol. The van der Waals surface area contributed by atoms with E-state index in [1.165, 1.54) is 24.3 Å². The van der Waals surface area contributed by atoms with Crippen LogP contribution in [0.25, 0.3) is 0 Å². The molecule has 0 aliphatic rings. The summed E-state index contributed by atoms with van der Waals surface area (Å²) >= 11 is 0. The Balaban J connectivity index is 0.000000921. The van der Waals surface area contributed by atoms with Gasteiger partial charge in [0.05, 0.1) is 6.10 Å². The molecule has 1 atom stereocenters. The van der Waals surface area contributed by atoms with Crippen LogP contribution >= 0.6 is 0 Å². The van der Waals surface area contributed by atoms with Crippen molar-refractivity contribution < 1.29 is 14.2 Å². The molecule has 1 rings (SSSR count). The highest BCUT2D eigenvalue weighted by atomic mass is 19.1. The third kappa shape index (κ3) is 6.07. The summed E-state index contributed by atoms with van der Waals surface area (Å²) in [5.74, 6) is 0.289. The van der Waals surface area contributed by atoms with E-state index in [0.29, 0.717) is 12.2 Å². The van der Waals surface area contributed by atoms with Gasteiger partial charge < -0.3 is 9.84 Å². The standard InChI is InChI=1S/C10H13FO2.C2H6/c1-2-9(12)7-13-10-5-3-8(11)4-6-10;1-2/h3-6,9,12H,2,7H2,1H3;1-2H3/t9-;/m0./s1. The van der Waals surface area contributed by atoms with Crippen LogP contribution in [-0.4, -0.2) is 17.8 Å². The minimum absolute atomic E-state index is 0.252. The van der Waals surface area contributed by atoms with Crippen molar-refractivity contribution in [3.63, 3.8) is 0 Å². The largest absolute Gasteiger partial charge is 0.491 e. The normalized spacial score (nSPS) is 11.3. The van der Waals surface area contributed by atoms with Gasteiger partial charge in [-0.25, -0.2) is 4.39 Å². The maximum absolute atomic E-state index is 12.4. The van der Waals surface area contributed by atoms with Crippen molar-refractivity contribution in [3.8, 4) is 5.75 Å². The van der Waals surface area contributed by atoms with Crippen LogP contribution in [0.1, 0.15) is 27.2 Å². The van der Waals surface area contributed by atoms with Gasteiger partial charge in [0.2, 0.25) is 0 Å². The van der Waals surface area contributed by atoms with Crippen molar-refractivity contribution in [2.75, 3.05) is 6.61 Å². The van der Waals surface area contributed by atoms with Gasteiger partial charge in [0, 0.05) is 0 Å². The fourth-order valence-corrected chi connectivity index (χ4v) is 0.841.